The first-order valence-electron chi connectivity index (χ1n) is 4.40. The standard InChI is InChI=1S/C6H7NS.2C2H6/c1-5-2-3-7-4-6(5)8;2*1-2/h2-4,8H,1H3;2*1-2H3. The predicted octanol–water partition coefficient (Wildman–Crippen LogP) is 3.73. The van der Waals surface area contributed by atoms with Gasteiger partial charge in [-0.1, -0.05) is 27.7 Å². The van der Waals surface area contributed by atoms with Gasteiger partial charge >= 0.3 is 0 Å². The number of hydrogen-bond donors (Lipinski definition) is 1. The Morgan fingerprint density at radius 2 is 1.67 bits per heavy atom. The molecule has 1 heterocycles. The molecule has 2 heteroatoms. The summed E-state index contributed by atoms with van der Waals surface area (Å²) in [5, 5.41) is 0. The monoisotopic (exact) mass is 185 g/mol. The van der Waals surface area contributed by atoms with E-state index in [1.165, 1.54) is 5.56 Å². The number of pyridine rings is 1. The predicted molar refractivity (Wildman–Crippen MR) is 58.9 cm³/mol. The lowest BCUT2D eigenvalue weighted by Crippen LogP contribution is -1.75. The molecule has 0 radical (unpaired) electrons. The van der Waals surface area contributed by atoms with Crippen molar-refractivity contribution in [3.8, 4) is 0 Å². The molecule has 0 aliphatic heterocycles. The van der Waals surface area contributed by atoms with Crippen LogP contribution in [0.25, 0.3) is 0 Å². The maximum absolute atomic E-state index is 4.14. The molecule has 1 aromatic rings. The fourth-order valence-corrected chi connectivity index (χ4v) is 0.597. The second-order valence-electron chi connectivity index (χ2n) is 1.66. The van der Waals surface area contributed by atoms with Crippen LogP contribution in [0.15, 0.2) is 23.4 Å². The van der Waals surface area contributed by atoms with Crippen LogP contribution in [0.1, 0.15) is 33.3 Å². The first kappa shape index (κ1) is 14.0. The number of aryl methyl sites for hydroxylation is 1. The molecule has 0 atom stereocenters. The van der Waals surface area contributed by atoms with Gasteiger partial charge in [0.1, 0.15) is 0 Å². The maximum Gasteiger partial charge on any atom is 0.0404 e. The average molecular weight is 185 g/mol. The topological polar surface area (TPSA) is 12.9 Å². The average Bonchev–Trinajstić information content (AvgIpc) is 2.17. The van der Waals surface area contributed by atoms with Gasteiger partial charge in [-0.2, -0.15) is 0 Å². The van der Waals surface area contributed by atoms with E-state index in [4.69, 9.17) is 0 Å². The molecule has 70 valence electrons. The quantitative estimate of drug-likeness (QED) is 0.608. The normalized spacial score (nSPS) is 7.17. The van der Waals surface area contributed by atoms with E-state index in [9.17, 15) is 0 Å². The van der Waals surface area contributed by atoms with Crippen molar-refractivity contribution in [3.05, 3.63) is 24.0 Å². The van der Waals surface area contributed by atoms with Gasteiger partial charge in [0.2, 0.25) is 0 Å². The Labute approximate surface area is 81.6 Å². The number of rotatable bonds is 0. The van der Waals surface area contributed by atoms with Crippen LogP contribution >= 0.6 is 12.6 Å². The third-order valence-electron chi connectivity index (χ3n) is 1.01. The van der Waals surface area contributed by atoms with Crippen molar-refractivity contribution in [2.45, 2.75) is 39.5 Å². The molecular formula is C10H19NS. The highest BCUT2D eigenvalue weighted by Gasteiger charge is 1.86. The summed E-state index contributed by atoms with van der Waals surface area (Å²) in [5.74, 6) is 0. The van der Waals surface area contributed by atoms with Crippen LogP contribution in [0.2, 0.25) is 0 Å². The van der Waals surface area contributed by atoms with Crippen molar-refractivity contribution < 1.29 is 0 Å². The summed E-state index contributed by atoms with van der Waals surface area (Å²) in [4.78, 5) is 4.82. The molecule has 0 spiro atoms. The zero-order chi connectivity index (χ0) is 9.98. The minimum absolute atomic E-state index is 0.951. The minimum atomic E-state index is 0.951. The molecule has 0 bridgehead atoms. The van der Waals surface area contributed by atoms with E-state index in [0.29, 0.717) is 0 Å². The van der Waals surface area contributed by atoms with E-state index in [-0.39, 0.29) is 0 Å². The van der Waals surface area contributed by atoms with Crippen molar-refractivity contribution in [3.63, 3.8) is 0 Å². The van der Waals surface area contributed by atoms with Crippen LogP contribution in [0, 0.1) is 6.92 Å². The van der Waals surface area contributed by atoms with Crippen molar-refractivity contribution in [2.75, 3.05) is 0 Å². The van der Waals surface area contributed by atoms with Gasteiger partial charge < -0.3 is 0 Å². The smallest absolute Gasteiger partial charge is 0.0404 e. The summed E-state index contributed by atoms with van der Waals surface area (Å²) in [6, 6.07) is 1.93. The Morgan fingerprint density at radius 1 is 1.17 bits per heavy atom. The van der Waals surface area contributed by atoms with E-state index in [0.717, 1.165) is 4.90 Å². The van der Waals surface area contributed by atoms with Crippen LogP contribution < -0.4 is 0 Å². The van der Waals surface area contributed by atoms with Gasteiger partial charge in [0, 0.05) is 17.3 Å². The highest BCUT2D eigenvalue weighted by molar-refractivity contribution is 7.80. The maximum atomic E-state index is 4.14. The molecule has 1 aromatic heterocycles. The van der Waals surface area contributed by atoms with E-state index >= 15 is 0 Å². The molecule has 12 heavy (non-hydrogen) atoms. The van der Waals surface area contributed by atoms with Crippen LogP contribution in [0.4, 0.5) is 0 Å². The molecular weight excluding hydrogens is 166 g/mol. The van der Waals surface area contributed by atoms with Gasteiger partial charge in [-0.3, -0.25) is 4.98 Å². The summed E-state index contributed by atoms with van der Waals surface area (Å²) in [5.41, 5.74) is 1.17. The molecule has 1 rings (SSSR count). The van der Waals surface area contributed by atoms with Crippen LogP contribution in [0.3, 0.4) is 0 Å². The molecule has 0 aliphatic carbocycles. The summed E-state index contributed by atoms with van der Waals surface area (Å²) in [7, 11) is 0. The van der Waals surface area contributed by atoms with E-state index in [2.05, 4.69) is 17.6 Å². The number of aromatic nitrogens is 1. The van der Waals surface area contributed by atoms with Gasteiger partial charge in [-0.25, -0.2) is 0 Å². The number of hydrogen-bond acceptors (Lipinski definition) is 2. The molecule has 0 saturated heterocycles. The molecule has 0 aromatic carbocycles. The van der Waals surface area contributed by atoms with Gasteiger partial charge in [0.25, 0.3) is 0 Å². The molecule has 0 amide bonds. The lowest BCUT2D eigenvalue weighted by atomic mass is 10.3. The fraction of sp³-hybridized carbons (Fsp3) is 0.500. The highest BCUT2D eigenvalue weighted by Crippen LogP contribution is 2.07. The fourth-order valence-electron chi connectivity index (χ4n) is 0.456. The van der Waals surface area contributed by atoms with Gasteiger partial charge in [0.15, 0.2) is 0 Å². The third-order valence-corrected chi connectivity index (χ3v) is 1.48. The summed E-state index contributed by atoms with van der Waals surface area (Å²) in [6.45, 7) is 10.0. The van der Waals surface area contributed by atoms with Crippen molar-refractivity contribution in [2.24, 2.45) is 0 Å². The largest absolute Gasteiger partial charge is 0.264 e. The Morgan fingerprint density at radius 3 is 1.92 bits per heavy atom. The van der Waals surface area contributed by atoms with Crippen LogP contribution in [-0.4, -0.2) is 4.98 Å². The SMILES string of the molecule is CC.CC.Cc1ccncc1S. The summed E-state index contributed by atoms with van der Waals surface area (Å²) in [6.07, 6.45) is 3.49. The second-order valence-corrected chi connectivity index (χ2v) is 2.14. The van der Waals surface area contributed by atoms with Crippen molar-refractivity contribution in [1.82, 2.24) is 4.98 Å². The van der Waals surface area contributed by atoms with Crippen LogP contribution in [-0.2, 0) is 0 Å². The molecule has 0 saturated carbocycles. The third kappa shape index (κ3) is 6.23. The zero-order valence-corrected chi connectivity index (χ0v) is 9.52. The summed E-state index contributed by atoms with van der Waals surface area (Å²) >= 11 is 4.14. The van der Waals surface area contributed by atoms with E-state index < -0.39 is 0 Å². The first-order valence-corrected chi connectivity index (χ1v) is 4.85. The van der Waals surface area contributed by atoms with Crippen LogP contribution in [0.5, 0.6) is 0 Å². The first-order chi connectivity index (χ1) is 5.80. The Hall–Kier alpha value is -0.500. The van der Waals surface area contributed by atoms with Gasteiger partial charge in [-0.05, 0) is 18.6 Å². The Kier molecular flexibility index (Phi) is 12.3. The Balaban J connectivity index is 0. The molecule has 0 N–H and O–H groups in total. The van der Waals surface area contributed by atoms with E-state index in [1.54, 1.807) is 12.4 Å². The zero-order valence-electron chi connectivity index (χ0n) is 8.63. The van der Waals surface area contributed by atoms with E-state index in [1.807, 2.05) is 40.7 Å². The second kappa shape index (κ2) is 10.5. The summed E-state index contributed by atoms with van der Waals surface area (Å²) < 4.78 is 0. The molecule has 0 aliphatic rings. The highest BCUT2D eigenvalue weighted by atomic mass is 32.1. The molecule has 0 fully saturated rings. The molecule has 0 unspecified atom stereocenters. The molecule has 1 nitrogen and oxygen atoms in total. The lowest BCUT2D eigenvalue weighted by molar-refractivity contribution is 1.18. The number of thiol groups is 1. The van der Waals surface area contributed by atoms with Gasteiger partial charge in [-0.15, -0.1) is 12.6 Å². The lowest BCUT2D eigenvalue weighted by Gasteiger charge is -1.91. The van der Waals surface area contributed by atoms with Crippen molar-refractivity contribution in [1.29, 1.82) is 0 Å². The number of nitrogens with zero attached hydrogens (tertiary/aromatic N) is 1. The van der Waals surface area contributed by atoms with Gasteiger partial charge in [0.05, 0.1) is 0 Å². The minimum Gasteiger partial charge on any atom is -0.264 e. The Bertz CT molecular complexity index is 166. The van der Waals surface area contributed by atoms with Crippen molar-refractivity contribution >= 4 is 12.6 Å².